The zero-order chi connectivity index (χ0) is 32.9. The zero-order valence-electron chi connectivity index (χ0n) is 27.0. The summed E-state index contributed by atoms with van der Waals surface area (Å²) in [5.41, 5.74) is 5.89. The molecule has 6 rings (SSSR count). The van der Waals surface area contributed by atoms with E-state index in [0.717, 1.165) is 33.2 Å². The topological polar surface area (TPSA) is 42.4 Å². The van der Waals surface area contributed by atoms with Crippen molar-refractivity contribution in [1.29, 1.82) is 0 Å². The van der Waals surface area contributed by atoms with Gasteiger partial charge in [0.1, 0.15) is 17.4 Å². The third-order valence-electron chi connectivity index (χ3n) is 7.29. The van der Waals surface area contributed by atoms with Crippen LogP contribution in [0.25, 0.3) is 23.1 Å². The number of fused-ring (bicyclic) bond motifs is 2. The van der Waals surface area contributed by atoms with Crippen molar-refractivity contribution < 1.29 is 13.9 Å². The summed E-state index contributed by atoms with van der Waals surface area (Å²) in [5, 5.41) is 0.914. The monoisotopic (exact) mass is 612 g/mol. The van der Waals surface area contributed by atoms with Crippen LogP contribution in [0.15, 0.2) is 128 Å². The number of allylic oxidation sites excluding steroid dienone is 2. The van der Waals surface area contributed by atoms with E-state index in [1.807, 2.05) is 113 Å². The van der Waals surface area contributed by atoms with Gasteiger partial charge in [0.05, 0.1) is 5.56 Å². The summed E-state index contributed by atoms with van der Waals surface area (Å²) >= 11 is 0. The van der Waals surface area contributed by atoms with Crippen LogP contribution < -0.4 is 4.74 Å². The number of carbonyl (C=O) groups excluding carboxylic acids is 1. The smallest absolute Gasteiger partial charge is 0.258 e. The summed E-state index contributed by atoms with van der Waals surface area (Å²) in [6, 6.07) is 30.2. The van der Waals surface area contributed by atoms with E-state index in [2.05, 4.69) is 18.7 Å². The molecule has 0 fully saturated rings. The van der Waals surface area contributed by atoms with Gasteiger partial charge in [0.25, 0.3) is 5.91 Å². The summed E-state index contributed by atoms with van der Waals surface area (Å²) in [6.07, 6.45) is 11.1. The Bertz CT molecular complexity index is 1800. The summed E-state index contributed by atoms with van der Waals surface area (Å²) in [5.74, 6) is 0.0432. The third-order valence-corrected chi connectivity index (χ3v) is 7.29. The third kappa shape index (κ3) is 7.86. The van der Waals surface area contributed by atoms with Crippen molar-refractivity contribution in [3.8, 4) is 5.75 Å². The van der Waals surface area contributed by atoms with Crippen molar-refractivity contribution in [3.63, 3.8) is 0 Å². The largest absolute Gasteiger partial charge is 0.478 e. The molecule has 1 aromatic heterocycles. The second-order valence-electron chi connectivity index (χ2n) is 10.4. The van der Waals surface area contributed by atoms with Crippen molar-refractivity contribution in [3.05, 3.63) is 167 Å². The normalized spacial score (nSPS) is 12.7. The summed E-state index contributed by atoms with van der Waals surface area (Å²) < 4.78 is 20.3. The number of halogens is 1. The molecule has 1 aliphatic heterocycles. The summed E-state index contributed by atoms with van der Waals surface area (Å²) in [7, 11) is 0. The molecule has 0 N–H and O–H groups in total. The van der Waals surface area contributed by atoms with Gasteiger partial charge in [-0.1, -0.05) is 117 Å². The van der Waals surface area contributed by atoms with Crippen LogP contribution in [0.3, 0.4) is 0 Å². The first-order valence-corrected chi connectivity index (χ1v) is 15.7. The molecule has 5 heteroatoms. The molecule has 0 saturated carbocycles. The number of pyridine rings is 1. The molecule has 0 saturated heterocycles. The van der Waals surface area contributed by atoms with Crippen molar-refractivity contribution >= 4 is 29.0 Å². The molecule has 46 heavy (non-hydrogen) atoms. The lowest BCUT2D eigenvalue weighted by Crippen LogP contribution is -2.23. The molecule has 2 heterocycles. The highest BCUT2D eigenvalue weighted by atomic mass is 19.1. The van der Waals surface area contributed by atoms with Gasteiger partial charge in [0.2, 0.25) is 0 Å². The Balaban J connectivity index is 0.000000908. The van der Waals surface area contributed by atoms with Gasteiger partial charge in [-0.2, -0.15) is 0 Å². The average Bonchev–Trinajstić information content (AvgIpc) is 3.42. The molecular formula is C41H41FN2O2. The Morgan fingerprint density at radius 1 is 0.913 bits per heavy atom. The molecular weight excluding hydrogens is 571 g/mol. The molecule has 5 aromatic rings. The van der Waals surface area contributed by atoms with E-state index in [-0.39, 0.29) is 11.7 Å². The number of ether oxygens (including phenoxy) is 1. The van der Waals surface area contributed by atoms with Crippen molar-refractivity contribution in [2.24, 2.45) is 0 Å². The number of hydrogen-bond acceptors (Lipinski definition) is 3. The number of nitrogens with zero attached hydrogens (tertiary/aromatic N) is 2. The minimum Gasteiger partial charge on any atom is -0.478 e. The van der Waals surface area contributed by atoms with E-state index in [4.69, 9.17) is 9.72 Å². The van der Waals surface area contributed by atoms with Gasteiger partial charge in [-0.25, -0.2) is 4.39 Å². The van der Waals surface area contributed by atoms with Crippen LogP contribution in [-0.2, 0) is 13.1 Å². The van der Waals surface area contributed by atoms with Crippen LogP contribution in [-0.4, -0.2) is 15.8 Å². The standard InChI is InChI=1S/C36H29FN2O2.C3H6.C2H6/c1-2-10-32(27-13-7-4-8-14-27)41-35-33-31(24-39(36(33)40)23-26-16-19-28(37)20-17-26)29(30-15-9-22-38-34(30)35)21-18-25-11-5-3-6-12-25;1-3-2;1-2/h2-22,32H,23-24H2,1H3;3H,1H2,2H3;1-2H3/b10-2+,21-18+;;. The molecule has 1 amide bonds. The highest BCUT2D eigenvalue weighted by Gasteiger charge is 2.36. The molecule has 234 valence electrons. The second-order valence-corrected chi connectivity index (χ2v) is 10.4. The molecule has 0 aliphatic carbocycles. The van der Waals surface area contributed by atoms with Gasteiger partial charge in [0.15, 0.2) is 5.75 Å². The first kappa shape index (κ1) is 33.6. The maximum atomic E-state index is 14.1. The Kier molecular flexibility index (Phi) is 12.2. The van der Waals surface area contributed by atoms with Gasteiger partial charge < -0.3 is 9.64 Å². The van der Waals surface area contributed by atoms with E-state index in [1.165, 1.54) is 12.1 Å². The van der Waals surface area contributed by atoms with E-state index < -0.39 is 6.10 Å². The Morgan fingerprint density at radius 3 is 2.22 bits per heavy atom. The maximum absolute atomic E-state index is 14.1. The van der Waals surface area contributed by atoms with Crippen LogP contribution >= 0.6 is 0 Å². The molecule has 4 aromatic carbocycles. The fourth-order valence-electron chi connectivity index (χ4n) is 5.32. The first-order chi connectivity index (χ1) is 22.5. The maximum Gasteiger partial charge on any atom is 0.258 e. The van der Waals surface area contributed by atoms with Gasteiger partial charge in [-0.15, -0.1) is 6.58 Å². The van der Waals surface area contributed by atoms with Crippen molar-refractivity contribution in [2.45, 2.75) is 46.9 Å². The van der Waals surface area contributed by atoms with E-state index in [0.29, 0.717) is 29.9 Å². The quantitative estimate of drug-likeness (QED) is 0.129. The van der Waals surface area contributed by atoms with Crippen molar-refractivity contribution in [1.82, 2.24) is 9.88 Å². The lowest BCUT2D eigenvalue weighted by molar-refractivity contribution is 0.0762. The molecule has 0 bridgehead atoms. The minimum absolute atomic E-state index is 0.131. The van der Waals surface area contributed by atoms with Crippen LogP contribution in [0.1, 0.15) is 72.0 Å². The molecule has 1 aliphatic rings. The Morgan fingerprint density at radius 2 is 1.57 bits per heavy atom. The van der Waals surface area contributed by atoms with Gasteiger partial charge in [-0.05, 0) is 65.9 Å². The van der Waals surface area contributed by atoms with Crippen LogP contribution in [0.5, 0.6) is 5.75 Å². The molecule has 4 nitrogen and oxygen atoms in total. The Labute approximate surface area is 272 Å². The van der Waals surface area contributed by atoms with Gasteiger partial charge in [-0.3, -0.25) is 9.78 Å². The van der Waals surface area contributed by atoms with Crippen LogP contribution in [0, 0.1) is 5.82 Å². The first-order valence-electron chi connectivity index (χ1n) is 15.7. The second kappa shape index (κ2) is 16.7. The average molecular weight is 613 g/mol. The van der Waals surface area contributed by atoms with E-state index in [9.17, 15) is 9.18 Å². The molecule has 0 radical (unpaired) electrons. The summed E-state index contributed by atoms with van der Waals surface area (Å²) in [6.45, 7) is 12.0. The number of rotatable bonds is 8. The predicted molar refractivity (Wildman–Crippen MR) is 189 cm³/mol. The number of hydrogen-bond donors (Lipinski definition) is 0. The number of aromatic nitrogens is 1. The lowest BCUT2D eigenvalue weighted by Gasteiger charge is -2.21. The highest BCUT2D eigenvalue weighted by Crippen LogP contribution is 2.43. The molecule has 1 atom stereocenters. The SMILES string of the molecule is C/C=C/C(Oc1c2c(c(/C=C/c3ccccc3)c3cccnc13)CN(Cc1ccc(F)cc1)C2=O)c1ccccc1.C=CC.CC. The number of benzene rings is 4. The minimum atomic E-state index is -0.403. The van der Waals surface area contributed by atoms with Gasteiger partial charge in [0, 0.05) is 24.7 Å². The lowest BCUT2D eigenvalue weighted by atomic mass is 9.95. The highest BCUT2D eigenvalue weighted by molar-refractivity contribution is 6.10. The van der Waals surface area contributed by atoms with Crippen LogP contribution in [0.4, 0.5) is 4.39 Å². The molecule has 0 spiro atoms. The Hall–Kier alpha value is -5.29. The fraction of sp³-hybridized carbons (Fsp3) is 0.171. The number of carbonyl (C=O) groups is 1. The van der Waals surface area contributed by atoms with E-state index in [1.54, 1.807) is 29.3 Å². The van der Waals surface area contributed by atoms with Crippen molar-refractivity contribution in [2.75, 3.05) is 0 Å². The zero-order valence-corrected chi connectivity index (χ0v) is 27.0. The fourth-order valence-corrected chi connectivity index (χ4v) is 5.32. The summed E-state index contributed by atoms with van der Waals surface area (Å²) in [4.78, 5) is 20.7. The number of amides is 1. The predicted octanol–water partition coefficient (Wildman–Crippen LogP) is 10.6. The van der Waals surface area contributed by atoms with Gasteiger partial charge >= 0.3 is 0 Å². The van der Waals surface area contributed by atoms with Crippen LogP contribution in [0.2, 0.25) is 0 Å². The van der Waals surface area contributed by atoms with E-state index >= 15 is 0 Å². The molecule has 1 unspecified atom stereocenters.